The summed E-state index contributed by atoms with van der Waals surface area (Å²) in [5.41, 5.74) is 2.01. The first-order chi connectivity index (χ1) is 10.8. The first-order valence-corrected chi connectivity index (χ1v) is 7.77. The fourth-order valence-corrected chi connectivity index (χ4v) is 2.58. The lowest BCUT2D eigenvalue weighted by atomic mass is 10.2. The number of rotatable bonds is 5. The Bertz CT molecular complexity index is 563. The molecule has 22 heavy (non-hydrogen) atoms. The van der Waals surface area contributed by atoms with Gasteiger partial charge in [0.25, 0.3) is 0 Å². The van der Waals surface area contributed by atoms with Gasteiger partial charge in [0.2, 0.25) is 5.95 Å². The molecular formula is C16H22N6. The van der Waals surface area contributed by atoms with E-state index in [0.717, 1.165) is 50.6 Å². The van der Waals surface area contributed by atoms with Gasteiger partial charge < -0.3 is 10.2 Å². The number of hydrogen-bond acceptors (Lipinski definition) is 6. The fraction of sp³-hybridized carbons (Fsp3) is 0.438. The van der Waals surface area contributed by atoms with Gasteiger partial charge in [0, 0.05) is 45.1 Å². The van der Waals surface area contributed by atoms with Crippen molar-refractivity contribution in [1.82, 2.24) is 24.8 Å². The third kappa shape index (κ3) is 3.99. The lowest BCUT2D eigenvalue weighted by Crippen LogP contribution is -2.45. The summed E-state index contributed by atoms with van der Waals surface area (Å²) in [5.74, 6) is 0.590. The van der Waals surface area contributed by atoms with Gasteiger partial charge >= 0.3 is 0 Å². The molecule has 1 N–H and O–H groups in total. The van der Waals surface area contributed by atoms with Crippen molar-refractivity contribution >= 4 is 11.6 Å². The standard InChI is InChI=1S/C16H22N6/c1-2-21-8-10-22(11-9-21)13-15-5-4-14(12-19-15)20-16-17-6-3-7-18-16/h3-7,12H,2,8-11,13H2,1H3,(H,17,18,20). The molecule has 6 nitrogen and oxygen atoms in total. The van der Waals surface area contributed by atoms with E-state index >= 15 is 0 Å². The zero-order chi connectivity index (χ0) is 15.2. The highest BCUT2D eigenvalue weighted by molar-refractivity contribution is 5.51. The molecule has 0 radical (unpaired) electrons. The molecule has 0 aromatic carbocycles. The highest BCUT2D eigenvalue weighted by Gasteiger charge is 2.15. The average molecular weight is 298 g/mol. The lowest BCUT2D eigenvalue weighted by Gasteiger charge is -2.33. The molecular weight excluding hydrogens is 276 g/mol. The van der Waals surface area contributed by atoms with Gasteiger partial charge in [-0.05, 0) is 24.7 Å². The molecule has 116 valence electrons. The maximum atomic E-state index is 4.53. The van der Waals surface area contributed by atoms with Gasteiger partial charge in [-0.2, -0.15) is 0 Å². The molecule has 0 unspecified atom stereocenters. The van der Waals surface area contributed by atoms with E-state index in [9.17, 15) is 0 Å². The Morgan fingerprint density at radius 2 is 1.73 bits per heavy atom. The third-order valence-electron chi connectivity index (χ3n) is 3.94. The number of piperazine rings is 1. The highest BCUT2D eigenvalue weighted by atomic mass is 15.3. The van der Waals surface area contributed by atoms with E-state index in [4.69, 9.17) is 0 Å². The molecule has 2 aromatic rings. The molecule has 2 aromatic heterocycles. The zero-order valence-electron chi connectivity index (χ0n) is 12.9. The van der Waals surface area contributed by atoms with E-state index in [1.165, 1.54) is 0 Å². The van der Waals surface area contributed by atoms with E-state index < -0.39 is 0 Å². The van der Waals surface area contributed by atoms with Gasteiger partial charge in [-0.1, -0.05) is 6.92 Å². The van der Waals surface area contributed by atoms with Gasteiger partial charge in [-0.25, -0.2) is 9.97 Å². The van der Waals surface area contributed by atoms with Crippen LogP contribution in [0.2, 0.25) is 0 Å². The van der Waals surface area contributed by atoms with Crippen LogP contribution in [0.5, 0.6) is 0 Å². The van der Waals surface area contributed by atoms with Crippen molar-refractivity contribution in [2.24, 2.45) is 0 Å². The summed E-state index contributed by atoms with van der Waals surface area (Å²) >= 11 is 0. The van der Waals surface area contributed by atoms with Crippen LogP contribution in [-0.4, -0.2) is 57.5 Å². The summed E-state index contributed by atoms with van der Waals surface area (Å²) in [7, 11) is 0. The van der Waals surface area contributed by atoms with E-state index in [1.807, 2.05) is 12.3 Å². The van der Waals surface area contributed by atoms with Crippen LogP contribution in [0.15, 0.2) is 36.8 Å². The summed E-state index contributed by atoms with van der Waals surface area (Å²) in [6.07, 6.45) is 5.27. The molecule has 6 heteroatoms. The second kappa shape index (κ2) is 7.29. The Labute approximate surface area is 131 Å². The molecule has 0 spiro atoms. The van der Waals surface area contributed by atoms with Crippen LogP contribution in [0.4, 0.5) is 11.6 Å². The Morgan fingerprint density at radius 1 is 1.00 bits per heavy atom. The van der Waals surface area contributed by atoms with Crippen LogP contribution in [0.3, 0.4) is 0 Å². The van der Waals surface area contributed by atoms with Crippen LogP contribution >= 0.6 is 0 Å². The van der Waals surface area contributed by atoms with Gasteiger partial charge in [0.05, 0.1) is 17.6 Å². The van der Waals surface area contributed by atoms with Crippen LogP contribution in [0.1, 0.15) is 12.6 Å². The third-order valence-corrected chi connectivity index (χ3v) is 3.94. The lowest BCUT2D eigenvalue weighted by molar-refractivity contribution is 0.131. The first kappa shape index (κ1) is 14.9. The van der Waals surface area contributed by atoms with E-state index in [1.54, 1.807) is 18.5 Å². The maximum absolute atomic E-state index is 4.53. The van der Waals surface area contributed by atoms with Crippen molar-refractivity contribution in [1.29, 1.82) is 0 Å². The number of nitrogens with zero attached hydrogens (tertiary/aromatic N) is 5. The van der Waals surface area contributed by atoms with E-state index in [-0.39, 0.29) is 0 Å². The van der Waals surface area contributed by atoms with Crippen molar-refractivity contribution in [2.45, 2.75) is 13.5 Å². The van der Waals surface area contributed by atoms with Crippen LogP contribution in [0.25, 0.3) is 0 Å². The van der Waals surface area contributed by atoms with Crippen LogP contribution in [-0.2, 0) is 6.54 Å². The molecule has 0 aliphatic carbocycles. The number of aromatic nitrogens is 3. The number of hydrogen-bond donors (Lipinski definition) is 1. The predicted molar refractivity (Wildman–Crippen MR) is 86.9 cm³/mol. The molecule has 0 saturated carbocycles. The minimum Gasteiger partial charge on any atom is -0.323 e. The summed E-state index contributed by atoms with van der Waals surface area (Å²) in [6, 6.07) is 5.89. The maximum Gasteiger partial charge on any atom is 0.227 e. The Morgan fingerprint density at radius 3 is 2.36 bits per heavy atom. The van der Waals surface area contributed by atoms with Gasteiger partial charge in [-0.3, -0.25) is 9.88 Å². The summed E-state index contributed by atoms with van der Waals surface area (Å²) < 4.78 is 0. The molecule has 3 rings (SSSR count). The average Bonchev–Trinajstić information content (AvgIpc) is 2.58. The van der Waals surface area contributed by atoms with Crippen LogP contribution in [0, 0.1) is 0 Å². The Balaban J connectivity index is 1.53. The van der Waals surface area contributed by atoms with Crippen LogP contribution < -0.4 is 5.32 Å². The quantitative estimate of drug-likeness (QED) is 0.907. The summed E-state index contributed by atoms with van der Waals surface area (Å²) in [4.78, 5) is 17.8. The largest absolute Gasteiger partial charge is 0.323 e. The Kier molecular flexibility index (Phi) is 4.92. The normalized spacial score (nSPS) is 16.6. The molecule has 0 amide bonds. The zero-order valence-corrected chi connectivity index (χ0v) is 12.9. The molecule has 1 saturated heterocycles. The monoisotopic (exact) mass is 298 g/mol. The molecule has 1 fully saturated rings. The Hall–Kier alpha value is -2.05. The smallest absolute Gasteiger partial charge is 0.227 e. The number of likely N-dealkylation sites (N-methyl/N-ethyl adjacent to an activating group) is 1. The molecule has 1 aliphatic heterocycles. The number of pyridine rings is 1. The van der Waals surface area contributed by atoms with Crippen molar-refractivity contribution < 1.29 is 0 Å². The molecule has 0 atom stereocenters. The first-order valence-electron chi connectivity index (χ1n) is 7.77. The predicted octanol–water partition coefficient (Wildman–Crippen LogP) is 1.75. The second-order valence-corrected chi connectivity index (χ2v) is 5.45. The second-order valence-electron chi connectivity index (χ2n) is 5.45. The van der Waals surface area contributed by atoms with Crippen molar-refractivity contribution in [2.75, 3.05) is 38.0 Å². The van der Waals surface area contributed by atoms with Crippen molar-refractivity contribution in [3.05, 3.63) is 42.5 Å². The van der Waals surface area contributed by atoms with Gasteiger partial charge in [0.1, 0.15) is 0 Å². The molecule has 1 aliphatic rings. The fourth-order valence-electron chi connectivity index (χ4n) is 2.58. The SMILES string of the molecule is CCN1CCN(Cc2ccc(Nc3ncccn3)cn2)CC1. The number of nitrogens with one attached hydrogen (secondary N) is 1. The minimum atomic E-state index is 0.590. The minimum absolute atomic E-state index is 0.590. The summed E-state index contributed by atoms with van der Waals surface area (Å²) in [5, 5.41) is 3.14. The molecule has 3 heterocycles. The topological polar surface area (TPSA) is 57.2 Å². The highest BCUT2D eigenvalue weighted by Crippen LogP contribution is 2.13. The van der Waals surface area contributed by atoms with Gasteiger partial charge in [-0.15, -0.1) is 0 Å². The van der Waals surface area contributed by atoms with E-state index in [2.05, 4.69) is 43.1 Å². The van der Waals surface area contributed by atoms with Gasteiger partial charge in [0.15, 0.2) is 0 Å². The van der Waals surface area contributed by atoms with Crippen molar-refractivity contribution in [3.8, 4) is 0 Å². The van der Waals surface area contributed by atoms with E-state index in [0.29, 0.717) is 5.95 Å². The summed E-state index contributed by atoms with van der Waals surface area (Å²) in [6.45, 7) is 8.83. The van der Waals surface area contributed by atoms with Crippen molar-refractivity contribution in [3.63, 3.8) is 0 Å². The number of anilines is 2. The molecule has 0 bridgehead atoms.